The molecule has 0 saturated heterocycles. The Kier molecular flexibility index (Phi) is 4.80. The summed E-state index contributed by atoms with van der Waals surface area (Å²) in [6.45, 7) is 5.38. The summed E-state index contributed by atoms with van der Waals surface area (Å²) in [7, 11) is 1.73. The van der Waals surface area contributed by atoms with Gasteiger partial charge in [-0.2, -0.15) is 0 Å². The average molecular weight is 257 g/mol. The van der Waals surface area contributed by atoms with Crippen molar-refractivity contribution in [3.8, 4) is 5.75 Å². The van der Waals surface area contributed by atoms with Gasteiger partial charge in [-0.1, -0.05) is 43.7 Å². The highest BCUT2D eigenvalue weighted by molar-refractivity contribution is 5.91. The van der Waals surface area contributed by atoms with Crippen LogP contribution in [0.2, 0.25) is 0 Å². The summed E-state index contributed by atoms with van der Waals surface area (Å²) in [5, 5.41) is 6.05. The van der Waals surface area contributed by atoms with Crippen molar-refractivity contribution in [1.82, 2.24) is 5.32 Å². The van der Waals surface area contributed by atoms with Crippen LogP contribution in [-0.4, -0.2) is 13.2 Å². The van der Waals surface area contributed by atoms with Crippen LogP contribution in [0.5, 0.6) is 5.75 Å². The molecular formula is C17H23NO. The van der Waals surface area contributed by atoms with Crippen LogP contribution in [0.3, 0.4) is 0 Å². The quantitative estimate of drug-likeness (QED) is 0.840. The molecule has 0 spiro atoms. The molecule has 1 atom stereocenters. The summed E-state index contributed by atoms with van der Waals surface area (Å²) in [5.41, 5.74) is 1.33. The Morgan fingerprint density at radius 2 is 1.84 bits per heavy atom. The third-order valence-corrected chi connectivity index (χ3v) is 3.56. The van der Waals surface area contributed by atoms with Crippen molar-refractivity contribution in [3.05, 3.63) is 42.0 Å². The largest absolute Gasteiger partial charge is 0.496 e. The lowest BCUT2D eigenvalue weighted by Gasteiger charge is -2.15. The van der Waals surface area contributed by atoms with E-state index in [0.29, 0.717) is 6.04 Å². The minimum Gasteiger partial charge on any atom is -0.496 e. The van der Waals surface area contributed by atoms with E-state index in [2.05, 4.69) is 55.6 Å². The van der Waals surface area contributed by atoms with E-state index in [1.165, 1.54) is 29.2 Å². The van der Waals surface area contributed by atoms with Gasteiger partial charge < -0.3 is 10.1 Å². The topological polar surface area (TPSA) is 21.3 Å². The third-order valence-electron chi connectivity index (χ3n) is 3.56. The van der Waals surface area contributed by atoms with Gasteiger partial charge in [0.2, 0.25) is 0 Å². The lowest BCUT2D eigenvalue weighted by atomic mass is 10.0. The summed E-state index contributed by atoms with van der Waals surface area (Å²) < 4.78 is 5.43. The van der Waals surface area contributed by atoms with Crippen LogP contribution in [0.25, 0.3) is 10.8 Å². The molecule has 2 nitrogen and oxygen atoms in total. The number of hydrogen-bond acceptors (Lipinski definition) is 2. The third kappa shape index (κ3) is 3.27. The fourth-order valence-corrected chi connectivity index (χ4v) is 2.49. The smallest absolute Gasteiger partial charge is 0.126 e. The molecule has 0 saturated carbocycles. The normalized spacial score (nSPS) is 12.6. The molecule has 19 heavy (non-hydrogen) atoms. The second-order valence-electron chi connectivity index (χ2n) is 5.04. The first-order valence-corrected chi connectivity index (χ1v) is 7.04. The first-order chi connectivity index (χ1) is 9.26. The minimum absolute atomic E-state index is 0.561. The van der Waals surface area contributed by atoms with Gasteiger partial charge >= 0.3 is 0 Å². The monoisotopic (exact) mass is 257 g/mol. The van der Waals surface area contributed by atoms with Crippen molar-refractivity contribution in [2.45, 2.75) is 39.3 Å². The van der Waals surface area contributed by atoms with Crippen molar-refractivity contribution in [2.75, 3.05) is 7.11 Å². The van der Waals surface area contributed by atoms with Crippen LogP contribution in [0.4, 0.5) is 0 Å². The molecule has 0 fully saturated rings. The molecule has 2 aromatic carbocycles. The maximum absolute atomic E-state index is 5.43. The molecule has 0 aromatic heterocycles. The van der Waals surface area contributed by atoms with Crippen molar-refractivity contribution < 1.29 is 4.74 Å². The van der Waals surface area contributed by atoms with Gasteiger partial charge in [0.15, 0.2) is 0 Å². The van der Waals surface area contributed by atoms with Gasteiger partial charge in [0.25, 0.3) is 0 Å². The zero-order chi connectivity index (χ0) is 13.7. The summed E-state index contributed by atoms with van der Waals surface area (Å²) in [6.07, 6.45) is 2.44. The highest BCUT2D eigenvalue weighted by Crippen LogP contribution is 2.28. The highest BCUT2D eigenvalue weighted by atomic mass is 16.5. The Bertz CT molecular complexity index is 536. The Hall–Kier alpha value is -1.54. The van der Waals surface area contributed by atoms with E-state index in [9.17, 15) is 0 Å². The van der Waals surface area contributed by atoms with Crippen LogP contribution in [0, 0.1) is 0 Å². The van der Waals surface area contributed by atoms with Crippen LogP contribution >= 0.6 is 0 Å². The first kappa shape index (κ1) is 13.9. The van der Waals surface area contributed by atoms with Gasteiger partial charge in [0, 0.05) is 18.0 Å². The van der Waals surface area contributed by atoms with E-state index in [4.69, 9.17) is 4.74 Å². The molecule has 2 aromatic rings. The Labute approximate surface area is 115 Å². The molecule has 2 rings (SSSR count). The number of methoxy groups -OCH3 is 1. The van der Waals surface area contributed by atoms with Crippen molar-refractivity contribution in [1.29, 1.82) is 0 Å². The lowest BCUT2D eigenvalue weighted by Crippen LogP contribution is -2.25. The summed E-state index contributed by atoms with van der Waals surface area (Å²) in [4.78, 5) is 0. The number of hydrogen-bond donors (Lipinski definition) is 1. The number of ether oxygens (including phenoxy) is 1. The molecule has 0 radical (unpaired) electrons. The van der Waals surface area contributed by atoms with E-state index in [1.807, 2.05) is 0 Å². The molecule has 0 amide bonds. The second-order valence-corrected chi connectivity index (χ2v) is 5.04. The zero-order valence-electron chi connectivity index (χ0n) is 12.1. The molecule has 1 unspecified atom stereocenters. The molecule has 0 aliphatic carbocycles. The van der Waals surface area contributed by atoms with E-state index < -0.39 is 0 Å². The van der Waals surface area contributed by atoms with E-state index in [-0.39, 0.29) is 0 Å². The SMILES string of the molecule is CCCC(C)NCc1ccc(OC)c2ccccc12. The van der Waals surface area contributed by atoms with Crippen molar-refractivity contribution in [3.63, 3.8) is 0 Å². The molecule has 102 valence electrons. The van der Waals surface area contributed by atoms with Crippen molar-refractivity contribution >= 4 is 10.8 Å². The lowest BCUT2D eigenvalue weighted by molar-refractivity contribution is 0.419. The number of fused-ring (bicyclic) bond motifs is 1. The number of benzene rings is 2. The minimum atomic E-state index is 0.561. The predicted octanol–water partition coefficient (Wildman–Crippen LogP) is 4.13. The van der Waals surface area contributed by atoms with E-state index in [1.54, 1.807) is 7.11 Å². The molecule has 0 heterocycles. The predicted molar refractivity (Wildman–Crippen MR) is 81.7 cm³/mol. The van der Waals surface area contributed by atoms with Gasteiger partial charge in [-0.15, -0.1) is 0 Å². The summed E-state index contributed by atoms with van der Waals surface area (Å²) >= 11 is 0. The fourth-order valence-electron chi connectivity index (χ4n) is 2.49. The highest BCUT2D eigenvalue weighted by Gasteiger charge is 2.07. The average Bonchev–Trinajstić information content (AvgIpc) is 2.45. The summed E-state index contributed by atoms with van der Waals surface area (Å²) in [5.74, 6) is 0.945. The van der Waals surface area contributed by atoms with Crippen LogP contribution in [0.15, 0.2) is 36.4 Å². The second kappa shape index (κ2) is 6.58. The number of rotatable bonds is 6. The number of nitrogens with one attached hydrogen (secondary N) is 1. The van der Waals surface area contributed by atoms with E-state index >= 15 is 0 Å². The molecule has 2 heteroatoms. The van der Waals surface area contributed by atoms with E-state index in [0.717, 1.165) is 12.3 Å². The Morgan fingerprint density at radius 1 is 1.11 bits per heavy atom. The molecule has 0 bridgehead atoms. The van der Waals surface area contributed by atoms with Gasteiger partial charge in [0.05, 0.1) is 7.11 Å². The van der Waals surface area contributed by atoms with Gasteiger partial charge in [0.1, 0.15) is 5.75 Å². The molecule has 1 N–H and O–H groups in total. The van der Waals surface area contributed by atoms with Gasteiger partial charge in [-0.05, 0) is 30.4 Å². The van der Waals surface area contributed by atoms with Gasteiger partial charge in [-0.3, -0.25) is 0 Å². The fraction of sp³-hybridized carbons (Fsp3) is 0.412. The van der Waals surface area contributed by atoms with Crippen LogP contribution in [-0.2, 0) is 6.54 Å². The van der Waals surface area contributed by atoms with Gasteiger partial charge in [-0.25, -0.2) is 0 Å². The zero-order valence-corrected chi connectivity index (χ0v) is 12.1. The molecule has 0 aliphatic heterocycles. The maximum Gasteiger partial charge on any atom is 0.126 e. The molecule has 0 aliphatic rings. The Morgan fingerprint density at radius 3 is 2.53 bits per heavy atom. The maximum atomic E-state index is 5.43. The Balaban J connectivity index is 2.24. The van der Waals surface area contributed by atoms with Crippen LogP contribution < -0.4 is 10.1 Å². The first-order valence-electron chi connectivity index (χ1n) is 7.04. The summed E-state index contributed by atoms with van der Waals surface area (Å²) in [6, 6.07) is 13.2. The standard InChI is InChI=1S/C17H23NO/c1-4-7-13(2)18-12-14-10-11-17(19-3)16-9-6-5-8-15(14)16/h5-6,8-11,13,18H,4,7,12H2,1-3H3. The van der Waals surface area contributed by atoms with Crippen LogP contribution in [0.1, 0.15) is 32.3 Å². The van der Waals surface area contributed by atoms with Crippen molar-refractivity contribution in [2.24, 2.45) is 0 Å². The molecular weight excluding hydrogens is 234 g/mol.